The molecule has 0 bridgehead atoms. The van der Waals surface area contributed by atoms with Crippen molar-refractivity contribution in [3.8, 4) is 6.07 Å². The van der Waals surface area contributed by atoms with Crippen molar-refractivity contribution in [2.45, 2.75) is 6.43 Å². The van der Waals surface area contributed by atoms with Crippen LogP contribution in [-0.4, -0.2) is 4.98 Å². The molecule has 0 aliphatic carbocycles. The fourth-order valence-electron chi connectivity index (χ4n) is 0.849. The maximum absolute atomic E-state index is 12.4. The van der Waals surface area contributed by atoms with E-state index in [9.17, 15) is 8.78 Å². The predicted molar refractivity (Wildman–Crippen MR) is 51.0 cm³/mol. The Labute approximate surface area is 86.7 Å². The van der Waals surface area contributed by atoms with Crippen molar-refractivity contribution >= 4 is 28.4 Å². The lowest BCUT2D eigenvalue weighted by Crippen LogP contribution is -2.02. The van der Waals surface area contributed by atoms with Crippen LogP contribution in [0.5, 0.6) is 0 Å². The number of nitrogens with two attached hydrogens (primary N) is 1. The molecule has 3 nitrogen and oxygen atoms in total. The summed E-state index contributed by atoms with van der Waals surface area (Å²) in [7, 11) is 0. The molecule has 68 valence electrons. The summed E-state index contributed by atoms with van der Waals surface area (Å²) in [6.45, 7) is 0. The minimum atomic E-state index is -2.70. The molecule has 0 aliphatic rings. The molecule has 1 heterocycles. The Morgan fingerprint density at radius 1 is 1.62 bits per heavy atom. The quantitative estimate of drug-likeness (QED) is 0.807. The van der Waals surface area contributed by atoms with E-state index in [4.69, 9.17) is 11.0 Å². The standard InChI is InChI=1S/C7H4F2IN3/c8-6(9)5-3(1-11)7(12)13-2-4(5)10/h2,6H,(H2,12,13). The molecule has 0 unspecified atom stereocenters. The van der Waals surface area contributed by atoms with E-state index >= 15 is 0 Å². The molecule has 13 heavy (non-hydrogen) atoms. The van der Waals surface area contributed by atoms with Gasteiger partial charge in [-0.25, -0.2) is 13.8 Å². The number of halogens is 3. The number of nitriles is 1. The van der Waals surface area contributed by atoms with Crippen molar-refractivity contribution in [2.75, 3.05) is 5.73 Å². The highest BCUT2D eigenvalue weighted by molar-refractivity contribution is 14.1. The summed E-state index contributed by atoms with van der Waals surface area (Å²) in [6, 6.07) is 1.61. The fraction of sp³-hybridized carbons (Fsp3) is 0.143. The summed E-state index contributed by atoms with van der Waals surface area (Å²) >= 11 is 1.69. The Morgan fingerprint density at radius 3 is 2.62 bits per heavy atom. The highest BCUT2D eigenvalue weighted by atomic mass is 127. The molecule has 0 amide bonds. The molecular weight excluding hydrogens is 291 g/mol. The van der Waals surface area contributed by atoms with Gasteiger partial charge in [0.25, 0.3) is 6.43 Å². The van der Waals surface area contributed by atoms with Crippen molar-refractivity contribution in [2.24, 2.45) is 0 Å². The molecule has 0 aliphatic heterocycles. The number of pyridine rings is 1. The summed E-state index contributed by atoms with van der Waals surface area (Å²) in [5, 5.41) is 8.57. The van der Waals surface area contributed by atoms with E-state index in [1.165, 1.54) is 6.20 Å². The molecular formula is C7H4F2IN3. The summed E-state index contributed by atoms with van der Waals surface area (Å²) < 4.78 is 25.1. The average Bonchev–Trinajstić information content (AvgIpc) is 2.07. The number of anilines is 1. The van der Waals surface area contributed by atoms with E-state index in [0.717, 1.165) is 0 Å². The van der Waals surface area contributed by atoms with Gasteiger partial charge in [0.1, 0.15) is 17.5 Å². The molecule has 2 N–H and O–H groups in total. The second-order valence-corrected chi connectivity index (χ2v) is 3.35. The molecule has 0 spiro atoms. The van der Waals surface area contributed by atoms with Gasteiger partial charge in [0.15, 0.2) is 0 Å². The first kappa shape index (κ1) is 10.1. The number of rotatable bonds is 1. The molecule has 0 saturated heterocycles. The first-order chi connectivity index (χ1) is 6.07. The predicted octanol–water partition coefficient (Wildman–Crippen LogP) is 2.08. The van der Waals surface area contributed by atoms with Crippen LogP contribution in [0.4, 0.5) is 14.6 Å². The molecule has 6 heteroatoms. The summed E-state index contributed by atoms with van der Waals surface area (Å²) in [4.78, 5) is 3.61. The van der Waals surface area contributed by atoms with Crippen LogP contribution in [0, 0.1) is 14.9 Å². The Hall–Kier alpha value is -0.970. The molecule has 0 radical (unpaired) electrons. The number of alkyl halides is 2. The number of hydrogen-bond acceptors (Lipinski definition) is 3. The van der Waals surface area contributed by atoms with Crippen molar-refractivity contribution in [3.63, 3.8) is 0 Å². The Bertz CT molecular complexity index is 373. The van der Waals surface area contributed by atoms with Crippen LogP contribution in [0.1, 0.15) is 17.6 Å². The maximum Gasteiger partial charge on any atom is 0.266 e. The Kier molecular flexibility index (Phi) is 2.98. The van der Waals surface area contributed by atoms with Gasteiger partial charge in [-0.1, -0.05) is 0 Å². The van der Waals surface area contributed by atoms with Crippen LogP contribution >= 0.6 is 22.6 Å². The van der Waals surface area contributed by atoms with Crippen LogP contribution in [0.2, 0.25) is 0 Å². The van der Waals surface area contributed by atoms with Crippen LogP contribution in [-0.2, 0) is 0 Å². The van der Waals surface area contributed by atoms with Gasteiger partial charge in [0.05, 0.1) is 5.56 Å². The summed E-state index contributed by atoms with van der Waals surface area (Å²) in [6.07, 6.45) is -1.48. The van der Waals surface area contributed by atoms with E-state index in [0.29, 0.717) is 0 Å². The maximum atomic E-state index is 12.4. The Balaban J connectivity index is 3.46. The third kappa shape index (κ3) is 1.85. The SMILES string of the molecule is N#Cc1c(N)ncc(I)c1C(F)F. The normalized spacial score (nSPS) is 10.1. The first-order valence-corrected chi connectivity index (χ1v) is 4.28. The Morgan fingerprint density at radius 2 is 2.23 bits per heavy atom. The molecule has 1 aromatic rings. The lowest BCUT2D eigenvalue weighted by atomic mass is 10.1. The minimum absolute atomic E-state index is 0.154. The zero-order valence-electron chi connectivity index (χ0n) is 6.26. The van der Waals surface area contributed by atoms with E-state index < -0.39 is 6.43 Å². The van der Waals surface area contributed by atoms with Gasteiger partial charge in [-0.3, -0.25) is 0 Å². The van der Waals surface area contributed by atoms with Gasteiger partial charge in [-0.05, 0) is 22.6 Å². The molecule has 0 saturated carbocycles. The number of nitrogens with zero attached hydrogens (tertiary/aromatic N) is 2. The van der Waals surface area contributed by atoms with Crippen LogP contribution in [0.15, 0.2) is 6.20 Å². The third-order valence-electron chi connectivity index (χ3n) is 1.43. The number of hydrogen-bond donors (Lipinski definition) is 1. The van der Waals surface area contributed by atoms with E-state index in [1.54, 1.807) is 28.7 Å². The topological polar surface area (TPSA) is 62.7 Å². The van der Waals surface area contributed by atoms with E-state index in [1.807, 2.05) is 0 Å². The number of nitrogen functional groups attached to an aromatic ring is 1. The molecule has 0 atom stereocenters. The van der Waals surface area contributed by atoms with Crippen molar-refractivity contribution in [3.05, 3.63) is 20.9 Å². The lowest BCUT2D eigenvalue weighted by Gasteiger charge is -2.06. The molecule has 1 aromatic heterocycles. The van der Waals surface area contributed by atoms with E-state index in [-0.39, 0.29) is 20.5 Å². The highest BCUT2D eigenvalue weighted by Crippen LogP contribution is 2.29. The average molecular weight is 295 g/mol. The van der Waals surface area contributed by atoms with Crippen LogP contribution in [0.3, 0.4) is 0 Å². The van der Waals surface area contributed by atoms with Gasteiger partial charge in [-0.2, -0.15) is 5.26 Å². The minimum Gasteiger partial charge on any atom is -0.383 e. The first-order valence-electron chi connectivity index (χ1n) is 3.20. The largest absolute Gasteiger partial charge is 0.383 e. The van der Waals surface area contributed by atoms with Crippen LogP contribution in [0.25, 0.3) is 0 Å². The zero-order chi connectivity index (χ0) is 10.0. The fourth-order valence-corrected chi connectivity index (χ4v) is 1.49. The van der Waals surface area contributed by atoms with Crippen LogP contribution < -0.4 is 5.73 Å². The zero-order valence-corrected chi connectivity index (χ0v) is 8.42. The van der Waals surface area contributed by atoms with E-state index in [2.05, 4.69) is 4.98 Å². The molecule has 1 rings (SSSR count). The highest BCUT2D eigenvalue weighted by Gasteiger charge is 2.19. The smallest absolute Gasteiger partial charge is 0.266 e. The second-order valence-electron chi connectivity index (χ2n) is 2.19. The van der Waals surface area contributed by atoms with Crippen molar-refractivity contribution in [1.82, 2.24) is 4.98 Å². The third-order valence-corrected chi connectivity index (χ3v) is 2.29. The lowest BCUT2D eigenvalue weighted by molar-refractivity contribution is 0.150. The molecule has 0 aromatic carbocycles. The van der Waals surface area contributed by atoms with Gasteiger partial charge in [-0.15, -0.1) is 0 Å². The van der Waals surface area contributed by atoms with Crippen molar-refractivity contribution in [1.29, 1.82) is 5.26 Å². The van der Waals surface area contributed by atoms with Gasteiger partial charge in [0.2, 0.25) is 0 Å². The summed E-state index contributed by atoms with van der Waals surface area (Å²) in [5.41, 5.74) is 4.70. The molecule has 0 fully saturated rings. The van der Waals surface area contributed by atoms with Gasteiger partial charge in [0, 0.05) is 9.77 Å². The van der Waals surface area contributed by atoms with Crippen molar-refractivity contribution < 1.29 is 8.78 Å². The van der Waals surface area contributed by atoms with Gasteiger partial charge >= 0.3 is 0 Å². The second kappa shape index (κ2) is 3.83. The van der Waals surface area contributed by atoms with Gasteiger partial charge < -0.3 is 5.73 Å². The monoisotopic (exact) mass is 295 g/mol. The summed E-state index contributed by atoms with van der Waals surface area (Å²) in [5.74, 6) is -0.154. The number of aromatic nitrogens is 1.